The van der Waals surface area contributed by atoms with Gasteiger partial charge < -0.3 is 18.5 Å². The fourth-order valence-corrected chi connectivity index (χ4v) is 3.04. The van der Waals surface area contributed by atoms with Crippen LogP contribution in [-0.4, -0.2) is 36.0 Å². The van der Waals surface area contributed by atoms with Crippen LogP contribution >= 0.6 is 0 Å². The van der Waals surface area contributed by atoms with E-state index >= 15 is 0 Å². The molecule has 2 aromatic heterocycles. The first kappa shape index (κ1) is 20.1. The Balaban J connectivity index is 1.64. The summed E-state index contributed by atoms with van der Waals surface area (Å²) in [6.45, 7) is 3.89. The molecule has 0 N–H and O–H groups in total. The van der Waals surface area contributed by atoms with Crippen LogP contribution in [0.5, 0.6) is 0 Å². The molecule has 3 aromatic rings. The lowest BCUT2D eigenvalue weighted by Crippen LogP contribution is -2.15. The average molecular weight is 395 g/mol. The molecule has 0 unspecified atom stereocenters. The van der Waals surface area contributed by atoms with Gasteiger partial charge in [0.1, 0.15) is 5.76 Å². The van der Waals surface area contributed by atoms with Crippen molar-refractivity contribution in [3.05, 3.63) is 82.6 Å². The Labute approximate surface area is 167 Å². The van der Waals surface area contributed by atoms with Gasteiger partial charge in [-0.25, -0.2) is 9.59 Å². The van der Waals surface area contributed by atoms with Crippen LogP contribution in [0.2, 0.25) is 0 Å². The first-order valence-electron chi connectivity index (χ1n) is 8.98. The Kier molecular flexibility index (Phi) is 5.97. The van der Waals surface area contributed by atoms with Crippen molar-refractivity contribution in [3.8, 4) is 0 Å². The number of hydrogen-bond donors (Lipinski definition) is 0. The van der Waals surface area contributed by atoms with Crippen LogP contribution in [0.1, 0.15) is 48.2 Å². The second kappa shape index (κ2) is 8.60. The first-order valence-corrected chi connectivity index (χ1v) is 8.98. The van der Waals surface area contributed by atoms with Crippen molar-refractivity contribution in [2.75, 3.05) is 13.7 Å². The molecule has 0 aliphatic carbocycles. The van der Waals surface area contributed by atoms with Crippen LogP contribution in [0.15, 0.2) is 53.1 Å². The molecule has 0 aliphatic rings. The van der Waals surface area contributed by atoms with E-state index in [1.807, 2.05) is 30.5 Å². The number of rotatable bonds is 7. The van der Waals surface area contributed by atoms with Gasteiger partial charge in [0.2, 0.25) is 5.78 Å². The molecule has 0 aliphatic heterocycles. The van der Waals surface area contributed by atoms with E-state index in [9.17, 15) is 14.4 Å². The van der Waals surface area contributed by atoms with Crippen LogP contribution in [0.25, 0.3) is 0 Å². The molecule has 0 fully saturated rings. The number of carbonyl (C=O) groups excluding carboxylic acids is 3. The maximum Gasteiger partial charge on any atom is 0.338 e. The molecule has 29 heavy (non-hydrogen) atoms. The van der Waals surface area contributed by atoms with Crippen LogP contribution < -0.4 is 0 Å². The van der Waals surface area contributed by atoms with Crippen LogP contribution in [0.3, 0.4) is 0 Å². The molecule has 0 radical (unpaired) electrons. The van der Waals surface area contributed by atoms with E-state index in [4.69, 9.17) is 9.15 Å². The number of furan rings is 1. The van der Waals surface area contributed by atoms with E-state index in [-0.39, 0.29) is 18.0 Å². The third kappa shape index (κ3) is 4.45. The number of nitrogens with zero attached hydrogens (tertiary/aromatic N) is 1. The molecule has 0 amide bonds. The third-order valence-electron chi connectivity index (χ3n) is 4.64. The standard InChI is InChI=1S/C22H21NO6/c1-14-11-19(15(2)23(14)12-18-5-4-10-28-18)20(24)13-29-22(26)17-8-6-16(7-9-17)21(25)27-3/h4-11H,12-13H2,1-3H3. The van der Waals surface area contributed by atoms with Crippen molar-refractivity contribution >= 4 is 17.7 Å². The predicted molar refractivity (Wildman–Crippen MR) is 104 cm³/mol. The summed E-state index contributed by atoms with van der Waals surface area (Å²) in [5.74, 6) is -0.639. The molecule has 7 heteroatoms. The molecular formula is C22H21NO6. The topological polar surface area (TPSA) is 87.7 Å². The smallest absolute Gasteiger partial charge is 0.338 e. The number of benzene rings is 1. The number of aryl methyl sites for hydroxylation is 1. The SMILES string of the molecule is COC(=O)c1ccc(C(=O)OCC(=O)c2cc(C)n(Cc3ccco3)c2C)cc1. The molecule has 7 nitrogen and oxygen atoms in total. The highest BCUT2D eigenvalue weighted by Crippen LogP contribution is 2.18. The van der Waals surface area contributed by atoms with Gasteiger partial charge in [-0.2, -0.15) is 0 Å². The largest absolute Gasteiger partial charge is 0.467 e. The van der Waals surface area contributed by atoms with E-state index in [0.29, 0.717) is 17.7 Å². The Morgan fingerprint density at radius 3 is 2.24 bits per heavy atom. The van der Waals surface area contributed by atoms with E-state index < -0.39 is 11.9 Å². The summed E-state index contributed by atoms with van der Waals surface area (Å²) in [6, 6.07) is 11.3. The van der Waals surface area contributed by atoms with Crippen LogP contribution in [-0.2, 0) is 16.0 Å². The summed E-state index contributed by atoms with van der Waals surface area (Å²) in [6.07, 6.45) is 1.60. The highest BCUT2D eigenvalue weighted by molar-refractivity contribution is 6.00. The maximum atomic E-state index is 12.6. The number of Topliss-reactive ketones (excluding diaryl/α,β-unsaturated/α-hetero) is 1. The Morgan fingerprint density at radius 2 is 1.66 bits per heavy atom. The molecule has 0 bridgehead atoms. The molecule has 0 saturated carbocycles. The number of aromatic nitrogens is 1. The summed E-state index contributed by atoms with van der Waals surface area (Å²) in [5, 5.41) is 0. The van der Waals surface area contributed by atoms with Gasteiger partial charge >= 0.3 is 11.9 Å². The zero-order valence-corrected chi connectivity index (χ0v) is 16.4. The minimum absolute atomic E-state index is 0.244. The van der Waals surface area contributed by atoms with E-state index in [0.717, 1.165) is 17.1 Å². The van der Waals surface area contributed by atoms with E-state index in [2.05, 4.69) is 4.74 Å². The first-order chi connectivity index (χ1) is 13.9. The molecule has 1 aromatic carbocycles. The Bertz CT molecular complexity index is 1030. The van der Waals surface area contributed by atoms with Crippen molar-refractivity contribution in [1.82, 2.24) is 4.57 Å². The van der Waals surface area contributed by atoms with Gasteiger partial charge in [0.15, 0.2) is 6.61 Å². The third-order valence-corrected chi connectivity index (χ3v) is 4.64. The average Bonchev–Trinajstić information content (AvgIpc) is 3.35. The van der Waals surface area contributed by atoms with Gasteiger partial charge in [-0.3, -0.25) is 4.79 Å². The van der Waals surface area contributed by atoms with Gasteiger partial charge in [0.25, 0.3) is 0 Å². The number of hydrogen-bond acceptors (Lipinski definition) is 6. The van der Waals surface area contributed by atoms with Crippen molar-refractivity contribution in [1.29, 1.82) is 0 Å². The van der Waals surface area contributed by atoms with Gasteiger partial charge in [-0.1, -0.05) is 0 Å². The Morgan fingerprint density at radius 1 is 1.00 bits per heavy atom. The second-order valence-corrected chi connectivity index (χ2v) is 6.52. The molecule has 3 rings (SSSR count). The highest BCUT2D eigenvalue weighted by Gasteiger charge is 2.18. The molecule has 0 atom stereocenters. The van der Waals surface area contributed by atoms with Gasteiger partial charge in [0.05, 0.1) is 31.0 Å². The Hall–Kier alpha value is -3.61. The van der Waals surface area contributed by atoms with Crippen LogP contribution in [0.4, 0.5) is 0 Å². The lowest BCUT2D eigenvalue weighted by atomic mass is 10.1. The van der Waals surface area contributed by atoms with E-state index in [1.54, 1.807) is 12.3 Å². The maximum absolute atomic E-state index is 12.6. The number of ketones is 1. The number of carbonyl (C=O) groups is 3. The molecular weight excluding hydrogens is 374 g/mol. The summed E-state index contributed by atoms with van der Waals surface area (Å²) in [5.41, 5.74) is 2.76. The van der Waals surface area contributed by atoms with Crippen molar-refractivity contribution < 1.29 is 28.3 Å². The zero-order chi connectivity index (χ0) is 21.0. The zero-order valence-electron chi connectivity index (χ0n) is 16.4. The number of ether oxygens (including phenoxy) is 2. The molecule has 0 spiro atoms. The summed E-state index contributed by atoms with van der Waals surface area (Å²) >= 11 is 0. The van der Waals surface area contributed by atoms with Crippen molar-refractivity contribution in [3.63, 3.8) is 0 Å². The lowest BCUT2D eigenvalue weighted by Gasteiger charge is -2.08. The summed E-state index contributed by atoms with van der Waals surface area (Å²) < 4.78 is 17.1. The number of methoxy groups -OCH3 is 1. The van der Waals surface area contributed by atoms with Gasteiger partial charge in [-0.15, -0.1) is 0 Å². The summed E-state index contributed by atoms with van der Waals surface area (Å²) in [7, 11) is 1.28. The van der Waals surface area contributed by atoms with Crippen molar-refractivity contribution in [2.45, 2.75) is 20.4 Å². The van der Waals surface area contributed by atoms with E-state index in [1.165, 1.54) is 31.4 Å². The second-order valence-electron chi connectivity index (χ2n) is 6.52. The number of esters is 2. The van der Waals surface area contributed by atoms with Crippen molar-refractivity contribution in [2.24, 2.45) is 0 Å². The molecule has 2 heterocycles. The van der Waals surface area contributed by atoms with Gasteiger partial charge in [0, 0.05) is 17.0 Å². The lowest BCUT2D eigenvalue weighted by molar-refractivity contribution is 0.0474. The predicted octanol–water partition coefficient (Wildman–Crippen LogP) is 3.57. The fraction of sp³-hybridized carbons (Fsp3) is 0.227. The van der Waals surface area contributed by atoms with Gasteiger partial charge in [-0.05, 0) is 56.3 Å². The van der Waals surface area contributed by atoms with Crippen LogP contribution in [0, 0.1) is 13.8 Å². The highest BCUT2D eigenvalue weighted by atomic mass is 16.5. The summed E-state index contributed by atoms with van der Waals surface area (Å²) in [4.78, 5) is 36.2. The minimum Gasteiger partial charge on any atom is -0.467 e. The fourth-order valence-electron chi connectivity index (χ4n) is 3.04. The molecule has 150 valence electrons. The molecule has 0 saturated heterocycles. The quantitative estimate of drug-likeness (QED) is 0.449. The minimum atomic E-state index is -0.640. The monoisotopic (exact) mass is 395 g/mol. The normalized spacial score (nSPS) is 10.6.